The van der Waals surface area contributed by atoms with E-state index in [1.807, 2.05) is 5.37 Å². The third-order valence-corrected chi connectivity index (χ3v) is 1.79. The first-order chi connectivity index (χ1) is 4.91. The molecule has 0 spiro atoms. The Labute approximate surface area is 74.0 Å². The molecule has 1 radical (unpaired) electrons. The van der Waals surface area contributed by atoms with Gasteiger partial charge in [0.1, 0.15) is 0 Å². The average Bonchev–Trinajstić information content (AvgIpc) is 1.97. The molecule has 0 aromatic heterocycles. The predicted octanol–water partition coefficient (Wildman–Crippen LogP) is 3.20. The highest BCUT2D eigenvalue weighted by atomic mass is 32.1. The Bertz CT molecular complexity index is 77.3. The standard InChI is InChI=1S/C8H13S2/c9-7-5-3-1-2-4-6-8-10/h7H,1-6H2. The monoisotopic (exact) mass is 173 g/mol. The van der Waals surface area contributed by atoms with Crippen LogP contribution in [-0.2, 0) is 0 Å². The van der Waals surface area contributed by atoms with Crippen LogP contribution in [0.4, 0.5) is 0 Å². The summed E-state index contributed by atoms with van der Waals surface area (Å²) >= 11 is 9.28. The maximum Gasteiger partial charge on any atom is 0.0291 e. The number of unbranched alkanes of at least 4 members (excludes halogenated alkanes) is 5. The van der Waals surface area contributed by atoms with Crippen molar-refractivity contribution in [2.24, 2.45) is 0 Å². The van der Waals surface area contributed by atoms with Gasteiger partial charge in [-0.3, -0.25) is 0 Å². The summed E-state index contributed by atoms with van der Waals surface area (Å²) in [6, 6.07) is 0. The van der Waals surface area contributed by atoms with Crippen molar-refractivity contribution >= 4 is 35.2 Å². The quantitative estimate of drug-likeness (QED) is 0.428. The molecule has 0 N–H and O–H groups in total. The van der Waals surface area contributed by atoms with E-state index >= 15 is 0 Å². The Balaban J connectivity index is 2.76. The van der Waals surface area contributed by atoms with Crippen LogP contribution in [0.3, 0.4) is 0 Å². The third-order valence-electron chi connectivity index (χ3n) is 1.35. The van der Waals surface area contributed by atoms with Crippen LogP contribution < -0.4 is 0 Å². The van der Waals surface area contributed by atoms with Gasteiger partial charge in [0.25, 0.3) is 0 Å². The van der Waals surface area contributed by atoms with Gasteiger partial charge in [-0.2, -0.15) is 0 Å². The van der Waals surface area contributed by atoms with Gasteiger partial charge in [-0.15, -0.1) is 0 Å². The molecule has 0 aliphatic rings. The molecular weight excluding hydrogens is 160 g/mol. The lowest BCUT2D eigenvalue weighted by molar-refractivity contribution is 0.673. The van der Waals surface area contributed by atoms with Crippen molar-refractivity contribution in [2.75, 3.05) is 0 Å². The zero-order valence-electron chi connectivity index (χ0n) is 6.14. The summed E-state index contributed by atoms with van der Waals surface area (Å²) in [5.74, 6) is 0. The summed E-state index contributed by atoms with van der Waals surface area (Å²) in [5, 5.41) is 4.52. The Morgan fingerprint density at radius 2 is 1.80 bits per heavy atom. The Hall–Kier alpha value is 0.180. The van der Waals surface area contributed by atoms with Gasteiger partial charge in [0.15, 0.2) is 0 Å². The molecule has 0 saturated heterocycles. The van der Waals surface area contributed by atoms with Gasteiger partial charge in [0.05, 0.1) is 0 Å². The van der Waals surface area contributed by atoms with Gasteiger partial charge in [-0.25, -0.2) is 0 Å². The lowest BCUT2D eigenvalue weighted by Crippen LogP contribution is -1.79. The molecule has 0 saturated carbocycles. The lowest BCUT2D eigenvalue weighted by Gasteiger charge is -1.94. The van der Waals surface area contributed by atoms with Gasteiger partial charge in [0.2, 0.25) is 0 Å². The molecule has 10 heavy (non-hydrogen) atoms. The first-order valence-corrected chi connectivity index (χ1v) is 4.58. The highest BCUT2D eigenvalue weighted by Gasteiger charge is 1.86. The molecule has 0 nitrogen and oxygen atoms in total. The largest absolute Gasteiger partial charge is 0.0935 e. The second-order valence-electron chi connectivity index (χ2n) is 2.26. The maximum absolute atomic E-state index is 4.70. The minimum Gasteiger partial charge on any atom is -0.0935 e. The van der Waals surface area contributed by atoms with Crippen LogP contribution >= 0.6 is 24.4 Å². The Morgan fingerprint density at radius 1 is 1.10 bits per heavy atom. The van der Waals surface area contributed by atoms with E-state index in [9.17, 15) is 0 Å². The average molecular weight is 173 g/mol. The smallest absolute Gasteiger partial charge is 0.0291 e. The molecule has 57 valence electrons. The van der Waals surface area contributed by atoms with E-state index in [0.717, 1.165) is 12.8 Å². The van der Waals surface area contributed by atoms with Gasteiger partial charge < -0.3 is 0 Å². The van der Waals surface area contributed by atoms with E-state index in [4.69, 9.17) is 12.2 Å². The number of hydrogen-bond donors (Lipinski definition) is 0. The number of hydrogen-bond acceptors (Lipinski definition) is 2. The maximum atomic E-state index is 4.70. The molecule has 0 aromatic carbocycles. The van der Waals surface area contributed by atoms with Gasteiger partial charge in [0, 0.05) is 5.37 Å². The van der Waals surface area contributed by atoms with Crippen LogP contribution in [0.5, 0.6) is 0 Å². The summed E-state index contributed by atoms with van der Waals surface area (Å²) in [7, 11) is 0. The van der Waals surface area contributed by atoms with Crippen molar-refractivity contribution in [1.82, 2.24) is 0 Å². The Morgan fingerprint density at radius 3 is 2.40 bits per heavy atom. The van der Waals surface area contributed by atoms with E-state index in [1.165, 1.54) is 25.7 Å². The molecule has 0 unspecified atom stereocenters. The topological polar surface area (TPSA) is 0 Å². The fraction of sp³-hybridized carbons (Fsp3) is 0.750. The summed E-state index contributed by atoms with van der Waals surface area (Å²) in [4.78, 5) is 0. The van der Waals surface area contributed by atoms with Crippen LogP contribution in [0.2, 0.25) is 0 Å². The minimum absolute atomic E-state index is 0.965. The van der Waals surface area contributed by atoms with Crippen LogP contribution in [0.1, 0.15) is 38.5 Å². The van der Waals surface area contributed by atoms with Gasteiger partial charge in [-0.05, 0) is 31.1 Å². The SMILES string of the molecule is S=[C]CCCCCCC=S. The molecule has 0 fully saturated rings. The molecule has 0 aliphatic heterocycles. The molecule has 0 aromatic rings. The van der Waals surface area contributed by atoms with E-state index in [0.29, 0.717) is 0 Å². The minimum atomic E-state index is 0.965. The van der Waals surface area contributed by atoms with Crippen molar-refractivity contribution < 1.29 is 0 Å². The Kier molecular flexibility index (Phi) is 9.35. The molecule has 0 rings (SSSR count). The third kappa shape index (κ3) is 8.18. The second-order valence-corrected chi connectivity index (χ2v) is 2.89. The van der Waals surface area contributed by atoms with Crippen molar-refractivity contribution in [3.63, 3.8) is 0 Å². The van der Waals surface area contributed by atoms with Crippen molar-refractivity contribution in [1.29, 1.82) is 0 Å². The van der Waals surface area contributed by atoms with Crippen molar-refractivity contribution in [3.8, 4) is 0 Å². The molecule has 0 bridgehead atoms. The number of rotatable bonds is 7. The highest BCUT2D eigenvalue weighted by Crippen LogP contribution is 2.03. The van der Waals surface area contributed by atoms with Crippen molar-refractivity contribution in [2.45, 2.75) is 38.5 Å². The summed E-state index contributed by atoms with van der Waals surface area (Å²) in [6.07, 6.45) is 7.03. The van der Waals surface area contributed by atoms with Crippen LogP contribution in [0, 0.1) is 0 Å². The van der Waals surface area contributed by atoms with Crippen molar-refractivity contribution in [3.05, 3.63) is 0 Å². The normalized spacial score (nSPS) is 9.20. The van der Waals surface area contributed by atoms with E-state index in [2.05, 4.69) is 17.6 Å². The highest BCUT2D eigenvalue weighted by molar-refractivity contribution is 7.79. The first kappa shape index (κ1) is 10.2. The molecule has 0 heterocycles. The van der Waals surface area contributed by atoms with Crippen LogP contribution in [-0.4, -0.2) is 10.7 Å². The molecule has 0 atom stereocenters. The predicted molar refractivity (Wildman–Crippen MR) is 54.0 cm³/mol. The van der Waals surface area contributed by atoms with Crippen LogP contribution in [0.25, 0.3) is 0 Å². The van der Waals surface area contributed by atoms with Gasteiger partial charge in [-0.1, -0.05) is 37.3 Å². The number of thiocarbonyl (C=S) groups is 2. The van der Waals surface area contributed by atoms with Crippen LogP contribution in [0.15, 0.2) is 0 Å². The van der Waals surface area contributed by atoms with E-state index in [1.54, 1.807) is 0 Å². The molecule has 0 aliphatic carbocycles. The lowest BCUT2D eigenvalue weighted by atomic mass is 10.1. The fourth-order valence-corrected chi connectivity index (χ4v) is 1.09. The van der Waals surface area contributed by atoms with E-state index < -0.39 is 0 Å². The van der Waals surface area contributed by atoms with E-state index in [-0.39, 0.29) is 0 Å². The van der Waals surface area contributed by atoms with Gasteiger partial charge >= 0.3 is 0 Å². The summed E-state index contributed by atoms with van der Waals surface area (Å²) in [6.45, 7) is 0. The molecule has 0 amide bonds. The second kappa shape index (κ2) is 9.18. The zero-order chi connectivity index (χ0) is 7.66. The molecular formula is C8H13S2. The fourth-order valence-electron chi connectivity index (χ4n) is 0.778. The molecule has 2 heteroatoms. The summed E-state index contributed by atoms with van der Waals surface area (Å²) < 4.78 is 0. The summed E-state index contributed by atoms with van der Waals surface area (Å²) in [5.41, 5.74) is 0. The zero-order valence-corrected chi connectivity index (χ0v) is 7.77. The first-order valence-electron chi connectivity index (χ1n) is 3.70.